The van der Waals surface area contributed by atoms with Crippen molar-refractivity contribution in [1.82, 2.24) is 5.01 Å². The molecule has 1 heterocycles. The third-order valence-corrected chi connectivity index (χ3v) is 4.70. The van der Waals surface area contributed by atoms with E-state index < -0.39 is 11.7 Å². The van der Waals surface area contributed by atoms with Gasteiger partial charge in [0.05, 0.1) is 11.8 Å². The van der Waals surface area contributed by atoms with E-state index in [1.54, 1.807) is 5.01 Å². The summed E-state index contributed by atoms with van der Waals surface area (Å²) in [5, 5.41) is 16.0. The molecule has 0 saturated carbocycles. The second kappa shape index (κ2) is 14.8. The van der Waals surface area contributed by atoms with E-state index in [2.05, 4.69) is 17.0 Å². The molecule has 176 valence electrons. The number of hydrogen-bond acceptors (Lipinski definition) is 6. The summed E-state index contributed by atoms with van der Waals surface area (Å²) >= 11 is 6.14. The predicted molar refractivity (Wildman–Crippen MR) is 134 cm³/mol. The van der Waals surface area contributed by atoms with Gasteiger partial charge in [-0.05, 0) is 57.0 Å². The Labute approximate surface area is 192 Å². The Morgan fingerprint density at radius 1 is 1.39 bits per heavy atom. The Kier molecular flexibility index (Phi) is 13.8. The monoisotopic (exact) mass is 453 g/mol. The second-order valence-electron chi connectivity index (χ2n) is 7.43. The van der Waals surface area contributed by atoms with Crippen LogP contribution < -0.4 is 16.2 Å². The van der Waals surface area contributed by atoms with Crippen molar-refractivity contribution in [2.75, 3.05) is 20.1 Å². The second-order valence-corrected chi connectivity index (χ2v) is 7.82. The van der Waals surface area contributed by atoms with Crippen molar-refractivity contribution in [3.8, 4) is 5.75 Å². The summed E-state index contributed by atoms with van der Waals surface area (Å²) in [5.41, 5.74) is 12.5. The van der Waals surface area contributed by atoms with Crippen molar-refractivity contribution >= 4 is 28.8 Å². The van der Waals surface area contributed by atoms with Crippen molar-refractivity contribution in [1.29, 1.82) is 0 Å². The van der Waals surface area contributed by atoms with Gasteiger partial charge in [-0.25, -0.2) is 4.99 Å². The fraction of sp³-hybridized carbons (Fsp3) is 0.565. The normalized spacial score (nSPS) is 17.5. The van der Waals surface area contributed by atoms with E-state index in [1.165, 1.54) is 11.9 Å². The summed E-state index contributed by atoms with van der Waals surface area (Å²) in [6, 6.07) is 5.69. The first kappa shape index (κ1) is 28.9. The average molecular weight is 454 g/mol. The molecule has 0 bridgehead atoms. The number of hydrogen-bond donors (Lipinski definition) is 3. The highest BCUT2D eigenvalue weighted by Gasteiger charge is 2.35. The third-order valence-electron chi connectivity index (χ3n) is 4.51. The Morgan fingerprint density at radius 3 is 2.58 bits per heavy atom. The van der Waals surface area contributed by atoms with Gasteiger partial charge in [-0.2, -0.15) is 5.10 Å². The zero-order valence-corrected chi connectivity index (χ0v) is 20.8. The minimum Gasteiger partial charge on any atom is -0.485 e. The fourth-order valence-electron chi connectivity index (χ4n) is 2.52. The molecule has 1 aliphatic rings. The summed E-state index contributed by atoms with van der Waals surface area (Å²) < 4.78 is 5.83. The minimum atomic E-state index is -0.559. The standard InChI is InChI=1S/C17H22ClNO2.C4H12N4.C2H6/c1-5-11(2)8-16(18)19-13-6-7-14-12(9-13)10-15(20)17(3,4)21-14;1-8(3-2-5)7-4-6;1-2/h6-9,15,20H,5,10H2,1-4H3;4H,2-3,5H2,1H3,(H2,6,7);1-2H3/b11-8-,19-16?;;. The SMILES string of the molecule is CC.CC/C(C)=C\C(Cl)=Nc1ccc2c(c1)CC(O)C(C)(C)O2.CN(CCN)/N=C\N. The Hall–Kier alpha value is -2.09. The van der Waals surface area contributed by atoms with E-state index in [4.69, 9.17) is 27.8 Å². The van der Waals surface area contributed by atoms with Crippen LogP contribution in [0.1, 0.15) is 53.5 Å². The molecule has 0 aliphatic carbocycles. The quantitative estimate of drug-likeness (QED) is 0.340. The number of aliphatic hydroxyl groups excluding tert-OH is 1. The van der Waals surface area contributed by atoms with Crippen molar-refractivity contribution in [3.05, 3.63) is 35.4 Å². The first-order valence-corrected chi connectivity index (χ1v) is 11.1. The molecule has 0 saturated heterocycles. The number of nitrogens with zero attached hydrogens (tertiary/aromatic N) is 3. The van der Waals surface area contributed by atoms with Crippen LogP contribution in [0.25, 0.3) is 0 Å². The maximum atomic E-state index is 10.1. The third kappa shape index (κ3) is 10.7. The highest BCUT2D eigenvalue weighted by atomic mass is 35.5. The van der Waals surface area contributed by atoms with Gasteiger partial charge in [-0.1, -0.05) is 37.9 Å². The molecule has 1 aromatic rings. The van der Waals surface area contributed by atoms with Crippen molar-refractivity contribution in [2.45, 2.75) is 66.1 Å². The van der Waals surface area contributed by atoms with Crippen molar-refractivity contribution in [3.63, 3.8) is 0 Å². The number of aliphatic hydroxyl groups is 1. The van der Waals surface area contributed by atoms with Crippen LogP contribution in [0.5, 0.6) is 5.75 Å². The van der Waals surface area contributed by atoms with E-state index in [-0.39, 0.29) is 0 Å². The minimum absolute atomic E-state index is 0.465. The summed E-state index contributed by atoms with van der Waals surface area (Å²) in [7, 11) is 1.82. The van der Waals surface area contributed by atoms with Crippen molar-refractivity contribution < 1.29 is 9.84 Å². The van der Waals surface area contributed by atoms with Crippen LogP contribution in [-0.2, 0) is 6.42 Å². The molecule has 7 nitrogen and oxygen atoms in total. The lowest BCUT2D eigenvalue weighted by molar-refractivity contribution is -0.0411. The first-order chi connectivity index (χ1) is 14.6. The fourth-order valence-corrected chi connectivity index (χ4v) is 2.80. The molecule has 0 radical (unpaired) electrons. The number of rotatable bonds is 6. The number of hydrazone groups is 1. The lowest BCUT2D eigenvalue weighted by Gasteiger charge is -2.37. The average Bonchev–Trinajstić information content (AvgIpc) is 2.71. The predicted octanol–water partition coefficient (Wildman–Crippen LogP) is 4.19. The summed E-state index contributed by atoms with van der Waals surface area (Å²) in [6.07, 6.45) is 4.10. The molecule has 1 aromatic carbocycles. The van der Waals surface area contributed by atoms with Crippen LogP contribution in [0.3, 0.4) is 0 Å². The van der Waals surface area contributed by atoms with Gasteiger partial charge in [0.2, 0.25) is 0 Å². The highest BCUT2D eigenvalue weighted by Crippen LogP contribution is 2.35. The largest absolute Gasteiger partial charge is 0.485 e. The first-order valence-electron chi connectivity index (χ1n) is 10.7. The van der Waals surface area contributed by atoms with Gasteiger partial charge in [0.1, 0.15) is 22.9 Å². The number of aliphatic imine (C=N–C) groups is 1. The van der Waals surface area contributed by atoms with Crippen molar-refractivity contribution in [2.24, 2.45) is 21.6 Å². The van der Waals surface area contributed by atoms with Crippen LogP contribution >= 0.6 is 11.6 Å². The number of benzene rings is 1. The Morgan fingerprint density at radius 2 is 2.03 bits per heavy atom. The van der Waals surface area contributed by atoms with Crippen LogP contribution in [-0.4, -0.2) is 53.5 Å². The van der Waals surface area contributed by atoms with Crippen LogP contribution in [0.2, 0.25) is 0 Å². The van der Waals surface area contributed by atoms with Gasteiger partial charge >= 0.3 is 0 Å². The lowest BCUT2D eigenvalue weighted by Crippen LogP contribution is -2.46. The number of halogens is 1. The molecule has 1 unspecified atom stereocenters. The van der Waals surface area contributed by atoms with Gasteiger partial charge in [0.15, 0.2) is 0 Å². The van der Waals surface area contributed by atoms with Gasteiger partial charge in [0, 0.05) is 26.6 Å². The molecule has 0 aromatic heterocycles. The zero-order valence-electron chi connectivity index (χ0n) is 20.0. The van der Waals surface area contributed by atoms with E-state index in [9.17, 15) is 5.11 Å². The Bertz CT molecular complexity index is 747. The number of ether oxygens (including phenoxy) is 1. The van der Waals surface area contributed by atoms with E-state index in [1.807, 2.05) is 65.9 Å². The van der Waals surface area contributed by atoms with E-state index in [0.717, 1.165) is 30.0 Å². The van der Waals surface area contributed by atoms with Crippen LogP contribution in [0.4, 0.5) is 5.69 Å². The molecule has 1 atom stereocenters. The molecular weight excluding hydrogens is 414 g/mol. The van der Waals surface area contributed by atoms with E-state index in [0.29, 0.717) is 18.1 Å². The molecule has 31 heavy (non-hydrogen) atoms. The van der Waals surface area contributed by atoms with Gasteiger partial charge in [-0.15, -0.1) is 0 Å². The number of nitrogens with two attached hydrogens (primary N) is 2. The molecular formula is C23H40ClN5O2. The lowest BCUT2D eigenvalue weighted by atomic mass is 9.91. The molecule has 0 fully saturated rings. The molecule has 0 amide bonds. The van der Waals surface area contributed by atoms with Gasteiger partial charge in [-0.3, -0.25) is 5.01 Å². The highest BCUT2D eigenvalue weighted by molar-refractivity contribution is 6.68. The molecule has 5 N–H and O–H groups in total. The van der Waals surface area contributed by atoms with Gasteiger partial charge in [0.25, 0.3) is 0 Å². The number of allylic oxidation sites excluding steroid dienone is 2. The Balaban J connectivity index is 0.000000762. The molecule has 2 rings (SSSR count). The smallest absolute Gasteiger partial charge is 0.129 e. The van der Waals surface area contributed by atoms with Crippen LogP contribution in [0.15, 0.2) is 39.9 Å². The molecule has 0 spiro atoms. The molecule has 8 heteroatoms. The maximum Gasteiger partial charge on any atom is 0.129 e. The summed E-state index contributed by atoms with van der Waals surface area (Å²) in [6.45, 7) is 13.2. The van der Waals surface area contributed by atoms with Gasteiger partial charge < -0.3 is 21.3 Å². The zero-order chi connectivity index (χ0) is 24.0. The van der Waals surface area contributed by atoms with E-state index >= 15 is 0 Å². The summed E-state index contributed by atoms with van der Waals surface area (Å²) in [4.78, 5) is 4.38. The number of likely N-dealkylation sites (N-methyl/N-ethyl adjacent to an activating group) is 1. The maximum absolute atomic E-state index is 10.1. The van der Waals surface area contributed by atoms with Crippen LogP contribution in [0, 0.1) is 0 Å². The topological polar surface area (TPSA) is 109 Å². The number of fused-ring (bicyclic) bond motifs is 1. The summed E-state index contributed by atoms with van der Waals surface area (Å²) in [5.74, 6) is 0.806. The molecule has 1 aliphatic heterocycles.